The highest BCUT2D eigenvalue weighted by Gasteiger charge is 2.49. The molecule has 1 heterocycles. The van der Waals surface area contributed by atoms with E-state index in [1.54, 1.807) is 7.11 Å². The Morgan fingerprint density at radius 2 is 1.86 bits per heavy atom. The number of ketones is 1. The summed E-state index contributed by atoms with van der Waals surface area (Å²) in [6.45, 7) is 11.0. The number of esters is 1. The van der Waals surface area contributed by atoms with Gasteiger partial charge in [-0.3, -0.25) is 4.79 Å². The van der Waals surface area contributed by atoms with E-state index < -0.39 is 5.60 Å². The Morgan fingerprint density at radius 1 is 1.14 bits per heavy atom. The molecule has 1 aromatic carbocycles. The first kappa shape index (κ1) is 27.2. The molecule has 4 rings (SSSR count). The molecule has 3 aliphatic rings. The molecule has 0 aromatic heterocycles. The third-order valence-corrected chi connectivity index (χ3v) is 9.22. The molecule has 1 aliphatic heterocycles. The smallest absolute Gasteiger partial charge is 0.343 e. The van der Waals surface area contributed by atoms with Crippen LogP contribution >= 0.6 is 0 Å². The van der Waals surface area contributed by atoms with Gasteiger partial charge in [0.1, 0.15) is 22.9 Å². The van der Waals surface area contributed by atoms with Gasteiger partial charge >= 0.3 is 5.97 Å². The predicted octanol–water partition coefficient (Wildman–Crippen LogP) is 7.42. The second kappa shape index (κ2) is 10.5. The number of hydrogen-bond acceptors (Lipinski definition) is 5. The molecular formula is C31H46O5. The van der Waals surface area contributed by atoms with Crippen LogP contribution in [0, 0.1) is 5.92 Å². The zero-order chi connectivity index (χ0) is 26.1. The number of carbonyl (C=O) groups excluding carboxylic acids is 2. The van der Waals surface area contributed by atoms with E-state index in [4.69, 9.17) is 14.2 Å². The summed E-state index contributed by atoms with van der Waals surface area (Å²) in [5, 5.41) is 0. The molecule has 2 atom stereocenters. The molecule has 0 N–H and O–H groups in total. The van der Waals surface area contributed by atoms with E-state index in [1.807, 2.05) is 0 Å². The normalized spacial score (nSPS) is 24.6. The fourth-order valence-corrected chi connectivity index (χ4v) is 6.80. The Bertz CT molecular complexity index is 969. The Labute approximate surface area is 217 Å². The van der Waals surface area contributed by atoms with Gasteiger partial charge in [-0.15, -0.1) is 0 Å². The summed E-state index contributed by atoms with van der Waals surface area (Å²) < 4.78 is 18.7. The van der Waals surface area contributed by atoms with Crippen molar-refractivity contribution in [2.45, 2.75) is 134 Å². The maximum absolute atomic E-state index is 13.6. The Kier molecular flexibility index (Phi) is 7.90. The summed E-state index contributed by atoms with van der Waals surface area (Å²) in [5.41, 5.74) is 0.659. The van der Waals surface area contributed by atoms with Crippen molar-refractivity contribution >= 4 is 11.8 Å². The lowest BCUT2D eigenvalue weighted by Crippen LogP contribution is -2.47. The number of carbonyl (C=O) groups is 2. The summed E-state index contributed by atoms with van der Waals surface area (Å²) in [7, 11) is 1.61. The monoisotopic (exact) mass is 498 g/mol. The molecule has 2 saturated carbocycles. The molecular weight excluding hydrogens is 452 g/mol. The minimum Gasteiger partial charge on any atom is -0.487 e. The Balaban J connectivity index is 1.76. The molecule has 36 heavy (non-hydrogen) atoms. The highest BCUT2D eigenvalue weighted by atomic mass is 16.6. The average Bonchev–Trinajstić information content (AvgIpc) is 3.31. The second-order valence-corrected chi connectivity index (χ2v) is 12.6. The molecule has 0 bridgehead atoms. The fourth-order valence-electron chi connectivity index (χ4n) is 6.80. The van der Waals surface area contributed by atoms with Crippen LogP contribution in [0.3, 0.4) is 0 Å². The van der Waals surface area contributed by atoms with Crippen LogP contribution in [0.1, 0.15) is 129 Å². The van der Waals surface area contributed by atoms with Crippen LogP contribution in [-0.2, 0) is 19.7 Å². The van der Waals surface area contributed by atoms with E-state index in [0.29, 0.717) is 31.4 Å². The summed E-state index contributed by atoms with van der Waals surface area (Å²) >= 11 is 0. The first-order valence-electron chi connectivity index (χ1n) is 14.2. The number of benzene rings is 1. The lowest BCUT2D eigenvalue weighted by atomic mass is 9.66. The van der Waals surface area contributed by atoms with Crippen molar-refractivity contribution < 1.29 is 23.8 Å². The summed E-state index contributed by atoms with van der Waals surface area (Å²) in [6, 6.07) is 4.22. The van der Waals surface area contributed by atoms with Gasteiger partial charge in [-0.25, -0.2) is 4.79 Å². The van der Waals surface area contributed by atoms with Crippen molar-refractivity contribution in [1.29, 1.82) is 0 Å². The summed E-state index contributed by atoms with van der Waals surface area (Å²) in [4.78, 5) is 26.2. The standard InChI is InChI=1S/C31H46O5/c1-7-8-9-10-15-29(2,3)21-18-25(35-28(33)31(34-6)16-11-12-17-31)27-23-20-22(32)13-14-24(23)30(4,5)36-26(27)19-21/h18-19,23-24H,7-17,20H2,1-6H3/t23-,24-/m1/s1. The van der Waals surface area contributed by atoms with Crippen LogP contribution in [-0.4, -0.2) is 30.1 Å². The second-order valence-electron chi connectivity index (χ2n) is 12.6. The Morgan fingerprint density at radius 3 is 2.53 bits per heavy atom. The van der Waals surface area contributed by atoms with Crippen LogP contribution in [0.15, 0.2) is 12.1 Å². The topological polar surface area (TPSA) is 61.8 Å². The van der Waals surface area contributed by atoms with E-state index in [0.717, 1.165) is 49.0 Å². The number of fused-ring (bicyclic) bond motifs is 3. The number of unbranched alkanes of at least 4 members (excludes halogenated alkanes) is 3. The number of ether oxygens (including phenoxy) is 3. The number of methoxy groups -OCH3 is 1. The van der Waals surface area contributed by atoms with Gasteiger partial charge < -0.3 is 14.2 Å². The molecule has 0 radical (unpaired) electrons. The van der Waals surface area contributed by atoms with E-state index >= 15 is 0 Å². The van der Waals surface area contributed by atoms with Gasteiger partial charge in [0.05, 0.1) is 0 Å². The highest BCUT2D eigenvalue weighted by molar-refractivity contribution is 5.84. The van der Waals surface area contributed by atoms with E-state index in [2.05, 4.69) is 46.8 Å². The van der Waals surface area contributed by atoms with E-state index in [1.165, 1.54) is 19.3 Å². The van der Waals surface area contributed by atoms with Crippen LogP contribution in [0.2, 0.25) is 0 Å². The number of rotatable bonds is 9. The van der Waals surface area contributed by atoms with E-state index in [-0.39, 0.29) is 34.6 Å². The quantitative estimate of drug-likeness (QED) is 0.201. The van der Waals surface area contributed by atoms with Crippen molar-refractivity contribution in [2.75, 3.05) is 7.11 Å². The van der Waals surface area contributed by atoms with Crippen LogP contribution in [0.25, 0.3) is 0 Å². The predicted molar refractivity (Wildman–Crippen MR) is 142 cm³/mol. The van der Waals surface area contributed by atoms with Gasteiger partial charge in [0.2, 0.25) is 0 Å². The van der Waals surface area contributed by atoms with Gasteiger partial charge in [-0.05, 0) is 75.5 Å². The van der Waals surface area contributed by atoms with Crippen LogP contribution in [0.4, 0.5) is 0 Å². The first-order chi connectivity index (χ1) is 17.0. The molecule has 0 unspecified atom stereocenters. The number of hydrogen-bond donors (Lipinski definition) is 0. The maximum Gasteiger partial charge on any atom is 0.343 e. The van der Waals surface area contributed by atoms with Gasteiger partial charge in [-0.1, -0.05) is 46.5 Å². The molecule has 2 fully saturated rings. The van der Waals surface area contributed by atoms with Gasteiger partial charge in [0.15, 0.2) is 5.60 Å². The molecule has 0 spiro atoms. The van der Waals surface area contributed by atoms with Crippen LogP contribution in [0.5, 0.6) is 11.5 Å². The zero-order valence-electron chi connectivity index (χ0n) is 23.3. The molecule has 2 aliphatic carbocycles. The number of Topliss-reactive ketones (excluding diaryl/α,β-unsaturated/α-hetero) is 1. The van der Waals surface area contributed by atoms with Gasteiger partial charge in [0.25, 0.3) is 0 Å². The van der Waals surface area contributed by atoms with E-state index in [9.17, 15) is 9.59 Å². The Hall–Kier alpha value is -1.88. The molecule has 200 valence electrons. The van der Waals surface area contributed by atoms with Crippen LogP contribution < -0.4 is 9.47 Å². The van der Waals surface area contributed by atoms with Gasteiger partial charge in [0, 0.05) is 37.4 Å². The fraction of sp³-hybridized carbons (Fsp3) is 0.742. The minimum atomic E-state index is -0.880. The zero-order valence-corrected chi connectivity index (χ0v) is 23.3. The SMILES string of the molecule is CCCCCCC(C)(C)c1cc(OC(=O)C2(OC)CCCC2)c2c(c1)OC(C)(C)[C@@H]1CCC(=O)C[C@@H]21. The first-order valence-corrected chi connectivity index (χ1v) is 14.2. The lowest BCUT2D eigenvalue weighted by molar-refractivity contribution is -0.158. The third kappa shape index (κ3) is 5.23. The molecule has 5 heteroatoms. The minimum absolute atomic E-state index is 0.00316. The van der Waals surface area contributed by atoms with Crippen molar-refractivity contribution in [3.05, 3.63) is 23.3 Å². The largest absolute Gasteiger partial charge is 0.487 e. The molecule has 1 aromatic rings. The van der Waals surface area contributed by atoms with Crippen molar-refractivity contribution in [3.63, 3.8) is 0 Å². The maximum atomic E-state index is 13.6. The van der Waals surface area contributed by atoms with Crippen molar-refractivity contribution in [3.8, 4) is 11.5 Å². The molecule has 0 saturated heterocycles. The summed E-state index contributed by atoms with van der Waals surface area (Å²) in [5.74, 6) is 1.51. The average molecular weight is 499 g/mol. The third-order valence-electron chi connectivity index (χ3n) is 9.22. The highest BCUT2D eigenvalue weighted by Crippen LogP contribution is 2.55. The molecule has 0 amide bonds. The summed E-state index contributed by atoms with van der Waals surface area (Å²) in [6.07, 6.45) is 11.0. The van der Waals surface area contributed by atoms with Crippen molar-refractivity contribution in [1.82, 2.24) is 0 Å². The molecule has 5 nitrogen and oxygen atoms in total. The van der Waals surface area contributed by atoms with Gasteiger partial charge in [-0.2, -0.15) is 0 Å². The lowest BCUT2D eigenvalue weighted by Gasteiger charge is -2.47. The van der Waals surface area contributed by atoms with Crippen molar-refractivity contribution in [2.24, 2.45) is 5.92 Å².